The Morgan fingerprint density at radius 1 is 1.22 bits per heavy atom. The summed E-state index contributed by atoms with van der Waals surface area (Å²) < 4.78 is 5.13. The van der Waals surface area contributed by atoms with E-state index in [0.717, 1.165) is 4.90 Å². The van der Waals surface area contributed by atoms with Crippen LogP contribution in [0.5, 0.6) is 0 Å². The van der Waals surface area contributed by atoms with Crippen LogP contribution in [-0.4, -0.2) is 46.5 Å². The molecule has 8 nitrogen and oxygen atoms in total. The second-order valence-corrected chi connectivity index (χ2v) is 7.20. The van der Waals surface area contributed by atoms with Crippen LogP contribution in [-0.2, 0) is 4.79 Å². The molecule has 0 saturated carbocycles. The predicted octanol–water partition coefficient (Wildman–Crippen LogP) is 2.70. The number of non-ortho nitro benzene ring substituents is 1. The van der Waals surface area contributed by atoms with Crippen LogP contribution in [0.4, 0.5) is 5.69 Å². The van der Waals surface area contributed by atoms with Crippen LogP contribution in [0.15, 0.2) is 52.0 Å². The van der Waals surface area contributed by atoms with Crippen LogP contribution in [0.2, 0.25) is 0 Å². The first kappa shape index (κ1) is 19.0. The first-order chi connectivity index (χ1) is 13.0. The number of rotatable bonds is 6. The maximum atomic E-state index is 12.2. The van der Waals surface area contributed by atoms with Crippen molar-refractivity contribution in [2.45, 2.75) is 23.8 Å². The van der Waals surface area contributed by atoms with Gasteiger partial charge >= 0.3 is 0 Å². The Morgan fingerprint density at radius 2 is 1.93 bits per heavy atom. The van der Waals surface area contributed by atoms with Gasteiger partial charge in [0.15, 0.2) is 5.76 Å². The number of nitrogens with one attached hydrogen (secondary N) is 1. The van der Waals surface area contributed by atoms with Gasteiger partial charge in [0, 0.05) is 36.2 Å². The summed E-state index contributed by atoms with van der Waals surface area (Å²) in [5, 5.41) is 13.6. The molecule has 27 heavy (non-hydrogen) atoms. The van der Waals surface area contributed by atoms with E-state index in [1.807, 2.05) is 0 Å². The monoisotopic (exact) mass is 389 g/mol. The molecule has 0 atom stereocenters. The number of carbonyl (C=O) groups excluding carboxylic acids is 2. The molecule has 2 heterocycles. The molecule has 0 bridgehead atoms. The van der Waals surface area contributed by atoms with Gasteiger partial charge in [0.1, 0.15) is 0 Å². The number of furan rings is 1. The highest BCUT2D eigenvalue weighted by molar-refractivity contribution is 8.00. The second-order valence-electron chi connectivity index (χ2n) is 6.15. The first-order valence-electron chi connectivity index (χ1n) is 8.52. The summed E-state index contributed by atoms with van der Waals surface area (Å²) in [6.45, 7) is 1.14. The molecule has 0 radical (unpaired) electrons. The summed E-state index contributed by atoms with van der Waals surface area (Å²) in [7, 11) is 0. The van der Waals surface area contributed by atoms with Crippen molar-refractivity contribution in [1.82, 2.24) is 10.2 Å². The van der Waals surface area contributed by atoms with Gasteiger partial charge in [0.2, 0.25) is 5.91 Å². The summed E-state index contributed by atoms with van der Waals surface area (Å²) in [6.07, 6.45) is 2.86. The van der Waals surface area contributed by atoms with E-state index in [9.17, 15) is 19.7 Å². The van der Waals surface area contributed by atoms with E-state index in [4.69, 9.17) is 4.42 Å². The van der Waals surface area contributed by atoms with Gasteiger partial charge in [-0.05, 0) is 37.1 Å². The smallest absolute Gasteiger partial charge is 0.289 e. The fourth-order valence-electron chi connectivity index (χ4n) is 2.87. The second kappa shape index (κ2) is 8.72. The van der Waals surface area contributed by atoms with Gasteiger partial charge in [-0.15, -0.1) is 11.8 Å². The van der Waals surface area contributed by atoms with E-state index >= 15 is 0 Å². The van der Waals surface area contributed by atoms with Crippen LogP contribution in [0.1, 0.15) is 23.4 Å². The largest absolute Gasteiger partial charge is 0.459 e. The first-order valence-corrected chi connectivity index (χ1v) is 9.51. The molecule has 1 aliphatic rings. The number of piperidine rings is 1. The van der Waals surface area contributed by atoms with Crippen LogP contribution in [0.3, 0.4) is 0 Å². The molecule has 0 unspecified atom stereocenters. The van der Waals surface area contributed by atoms with Gasteiger partial charge in [-0.25, -0.2) is 0 Å². The van der Waals surface area contributed by atoms with Crippen molar-refractivity contribution in [3.63, 3.8) is 0 Å². The average molecular weight is 389 g/mol. The van der Waals surface area contributed by atoms with Crippen LogP contribution >= 0.6 is 11.8 Å². The van der Waals surface area contributed by atoms with Gasteiger partial charge in [0.05, 0.1) is 16.9 Å². The molecule has 142 valence electrons. The number of likely N-dealkylation sites (tertiary alicyclic amines) is 1. The number of amides is 2. The lowest BCUT2D eigenvalue weighted by molar-refractivity contribution is -0.384. The topological polar surface area (TPSA) is 106 Å². The molecule has 1 N–H and O–H groups in total. The molecular weight excluding hydrogens is 370 g/mol. The van der Waals surface area contributed by atoms with E-state index in [0.29, 0.717) is 31.7 Å². The summed E-state index contributed by atoms with van der Waals surface area (Å²) in [5.74, 6) is 0.355. The van der Waals surface area contributed by atoms with E-state index in [1.165, 1.54) is 30.2 Å². The molecule has 1 aromatic carbocycles. The number of thioether (sulfide) groups is 1. The van der Waals surface area contributed by atoms with E-state index in [2.05, 4.69) is 5.32 Å². The van der Waals surface area contributed by atoms with Gasteiger partial charge in [-0.1, -0.05) is 0 Å². The zero-order valence-corrected chi connectivity index (χ0v) is 15.3. The summed E-state index contributed by atoms with van der Waals surface area (Å²) in [6, 6.07) is 9.48. The maximum absolute atomic E-state index is 12.2. The molecule has 0 spiro atoms. The minimum Gasteiger partial charge on any atom is -0.459 e. The van der Waals surface area contributed by atoms with Crippen molar-refractivity contribution < 1.29 is 18.9 Å². The lowest BCUT2D eigenvalue weighted by atomic mass is 10.0. The van der Waals surface area contributed by atoms with Gasteiger partial charge in [0.25, 0.3) is 11.6 Å². The molecule has 0 aliphatic carbocycles. The van der Waals surface area contributed by atoms with E-state index < -0.39 is 4.92 Å². The molecule has 1 aliphatic heterocycles. The zero-order valence-electron chi connectivity index (χ0n) is 14.5. The van der Waals surface area contributed by atoms with Crippen molar-refractivity contribution >= 4 is 29.3 Å². The van der Waals surface area contributed by atoms with E-state index in [1.54, 1.807) is 29.2 Å². The zero-order chi connectivity index (χ0) is 19.2. The van der Waals surface area contributed by atoms with Crippen molar-refractivity contribution in [3.05, 3.63) is 58.5 Å². The summed E-state index contributed by atoms with van der Waals surface area (Å²) >= 11 is 1.33. The van der Waals surface area contributed by atoms with Crippen LogP contribution < -0.4 is 5.32 Å². The third kappa shape index (κ3) is 5.10. The van der Waals surface area contributed by atoms with Crippen LogP contribution in [0, 0.1) is 10.1 Å². The standard InChI is InChI=1S/C18H19N3O5S/c22-17(12-27-15-5-3-14(4-6-15)21(24)25)19-13-7-9-20(10-8-13)18(23)16-2-1-11-26-16/h1-6,11,13H,7-10,12H2,(H,19,22). The highest BCUT2D eigenvalue weighted by atomic mass is 32.2. The molecule has 1 aromatic heterocycles. The fraction of sp³-hybridized carbons (Fsp3) is 0.333. The summed E-state index contributed by atoms with van der Waals surface area (Å²) in [5.41, 5.74) is 0.0275. The molecular formula is C18H19N3O5S. The predicted molar refractivity (Wildman–Crippen MR) is 99.6 cm³/mol. The van der Waals surface area contributed by atoms with Crippen molar-refractivity contribution in [1.29, 1.82) is 0 Å². The van der Waals surface area contributed by atoms with Crippen molar-refractivity contribution in [2.24, 2.45) is 0 Å². The molecule has 1 saturated heterocycles. The van der Waals surface area contributed by atoms with Crippen molar-refractivity contribution in [2.75, 3.05) is 18.8 Å². The maximum Gasteiger partial charge on any atom is 0.289 e. The Kier molecular flexibility index (Phi) is 6.12. The molecule has 2 amide bonds. The van der Waals surface area contributed by atoms with E-state index in [-0.39, 0.29) is 29.3 Å². The quantitative estimate of drug-likeness (QED) is 0.463. The number of hydrogen-bond donors (Lipinski definition) is 1. The molecule has 2 aromatic rings. The number of carbonyl (C=O) groups is 2. The highest BCUT2D eigenvalue weighted by Crippen LogP contribution is 2.21. The Bertz CT molecular complexity index is 799. The van der Waals surface area contributed by atoms with Gasteiger partial charge in [-0.2, -0.15) is 0 Å². The lowest BCUT2D eigenvalue weighted by Crippen LogP contribution is -2.46. The van der Waals surface area contributed by atoms with Gasteiger partial charge in [-0.3, -0.25) is 19.7 Å². The average Bonchev–Trinajstić information content (AvgIpc) is 3.21. The summed E-state index contributed by atoms with van der Waals surface area (Å²) in [4.78, 5) is 37.1. The Balaban J connectivity index is 1.40. The molecule has 9 heteroatoms. The Hall–Kier alpha value is -2.81. The number of nitrogens with zero attached hydrogens (tertiary/aromatic N) is 2. The number of nitro groups is 1. The third-order valence-corrected chi connectivity index (χ3v) is 5.31. The highest BCUT2D eigenvalue weighted by Gasteiger charge is 2.25. The fourth-order valence-corrected chi connectivity index (χ4v) is 3.57. The van der Waals surface area contributed by atoms with Gasteiger partial charge < -0.3 is 14.6 Å². The van der Waals surface area contributed by atoms with Crippen molar-refractivity contribution in [3.8, 4) is 0 Å². The number of nitro benzene ring substituents is 1. The molecule has 1 fully saturated rings. The van der Waals surface area contributed by atoms with Crippen LogP contribution in [0.25, 0.3) is 0 Å². The Labute approximate surface area is 160 Å². The molecule has 3 rings (SSSR count). The lowest BCUT2D eigenvalue weighted by Gasteiger charge is -2.31. The number of hydrogen-bond acceptors (Lipinski definition) is 6. The minimum absolute atomic E-state index is 0.0275. The Morgan fingerprint density at radius 3 is 2.52 bits per heavy atom. The third-order valence-electron chi connectivity index (χ3n) is 4.30. The SMILES string of the molecule is O=C(CSc1ccc([N+](=O)[O-])cc1)NC1CCN(C(=O)c2ccco2)CC1. The number of benzene rings is 1. The minimum atomic E-state index is -0.454. The normalized spacial score (nSPS) is 14.7.